The van der Waals surface area contributed by atoms with Crippen molar-refractivity contribution in [3.05, 3.63) is 56.6 Å². The molecule has 0 spiro atoms. The van der Waals surface area contributed by atoms with Crippen LogP contribution in [0.1, 0.15) is 5.56 Å². The Morgan fingerprint density at radius 1 is 1.12 bits per heavy atom. The second-order valence-electron chi connectivity index (χ2n) is 3.44. The fourth-order valence-electron chi connectivity index (χ4n) is 1.37. The molecule has 0 atom stereocenters. The number of nitrogens with zero attached hydrogens (tertiary/aromatic N) is 1. The Morgan fingerprint density at radius 3 is 2.41 bits per heavy atom. The van der Waals surface area contributed by atoms with Gasteiger partial charge in [0.05, 0.1) is 17.3 Å². The van der Waals surface area contributed by atoms with Gasteiger partial charge in [0, 0.05) is 14.3 Å². The summed E-state index contributed by atoms with van der Waals surface area (Å²) >= 11 is 8.12. The van der Waals surface area contributed by atoms with Gasteiger partial charge < -0.3 is 5.32 Å². The number of hydrogen-bond donors (Lipinski definition) is 1. The van der Waals surface area contributed by atoms with Gasteiger partial charge in [-0.25, -0.2) is 0 Å². The first-order valence-corrected chi connectivity index (χ1v) is 6.37. The molecule has 0 fully saturated rings. The molecule has 0 amide bonds. The Balaban J connectivity index is 2.23. The van der Waals surface area contributed by atoms with Gasteiger partial charge >= 0.3 is 0 Å². The van der Waals surface area contributed by atoms with E-state index >= 15 is 0 Å². The van der Waals surface area contributed by atoms with Gasteiger partial charge in [-0.2, -0.15) is 5.26 Å². The van der Waals surface area contributed by atoms with Crippen molar-refractivity contribution in [2.24, 2.45) is 0 Å². The number of rotatable bonds is 2. The Bertz CT molecular complexity index is 573. The fraction of sp³-hybridized carbons (Fsp3) is 0. The van der Waals surface area contributed by atoms with Gasteiger partial charge in [0.15, 0.2) is 0 Å². The monoisotopic (exact) mass is 354 g/mol. The van der Waals surface area contributed by atoms with Gasteiger partial charge in [-0.15, -0.1) is 0 Å². The van der Waals surface area contributed by atoms with Crippen LogP contribution in [0.4, 0.5) is 11.4 Å². The normalized spacial score (nSPS) is 9.71. The quantitative estimate of drug-likeness (QED) is 0.803. The van der Waals surface area contributed by atoms with Gasteiger partial charge in [-0.05, 0) is 65.1 Å². The first-order chi connectivity index (χ1) is 8.19. The van der Waals surface area contributed by atoms with Crippen molar-refractivity contribution in [2.75, 3.05) is 5.32 Å². The standard InChI is InChI=1S/C13H8ClIN2/c14-10-3-6-13(12(15)7-10)17-11-4-1-9(8-16)2-5-11/h1-7,17H. The zero-order valence-electron chi connectivity index (χ0n) is 8.74. The van der Waals surface area contributed by atoms with Crippen LogP contribution in [-0.4, -0.2) is 0 Å². The zero-order valence-corrected chi connectivity index (χ0v) is 11.7. The third-order valence-electron chi connectivity index (χ3n) is 2.22. The van der Waals surface area contributed by atoms with Crippen molar-refractivity contribution >= 4 is 45.6 Å². The van der Waals surface area contributed by atoms with Crippen LogP contribution in [0.15, 0.2) is 42.5 Å². The Labute approximate surface area is 118 Å². The summed E-state index contributed by atoms with van der Waals surface area (Å²) in [5.74, 6) is 0. The van der Waals surface area contributed by atoms with Gasteiger partial charge in [0.1, 0.15) is 0 Å². The molecular formula is C13H8ClIN2. The van der Waals surface area contributed by atoms with Crippen molar-refractivity contribution in [3.8, 4) is 6.07 Å². The van der Waals surface area contributed by atoms with E-state index in [1.54, 1.807) is 12.1 Å². The summed E-state index contributed by atoms with van der Waals surface area (Å²) in [6.07, 6.45) is 0. The molecular weight excluding hydrogens is 347 g/mol. The molecule has 0 saturated carbocycles. The predicted molar refractivity (Wildman–Crippen MR) is 78.6 cm³/mol. The van der Waals surface area contributed by atoms with E-state index in [2.05, 4.69) is 34.0 Å². The average Bonchev–Trinajstić information content (AvgIpc) is 2.34. The fourth-order valence-corrected chi connectivity index (χ4v) is 2.38. The molecule has 0 unspecified atom stereocenters. The molecule has 4 heteroatoms. The van der Waals surface area contributed by atoms with E-state index in [-0.39, 0.29) is 0 Å². The van der Waals surface area contributed by atoms with Crippen LogP contribution in [0.5, 0.6) is 0 Å². The lowest BCUT2D eigenvalue weighted by molar-refractivity contribution is 1.47. The highest BCUT2D eigenvalue weighted by molar-refractivity contribution is 14.1. The SMILES string of the molecule is N#Cc1ccc(Nc2ccc(Cl)cc2I)cc1. The minimum atomic E-state index is 0.654. The van der Waals surface area contributed by atoms with Crippen molar-refractivity contribution in [3.63, 3.8) is 0 Å². The molecule has 0 aliphatic rings. The number of nitrogens with one attached hydrogen (secondary N) is 1. The second-order valence-corrected chi connectivity index (χ2v) is 5.04. The molecule has 84 valence electrons. The number of halogens is 2. The first kappa shape index (κ1) is 12.2. The lowest BCUT2D eigenvalue weighted by Gasteiger charge is -2.08. The van der Waals surface area contributed by atoms with Gasteiger partial charge in [-0.1, -0.05) is 11.6 Å². The highest BCUT2D eigenvalue weighted by atomic mass is 127. The largest absolute Gasteiger partial charge is 0.355 e. The first-order valence-electron chi connectivity index (χ1n) is 4.91. The van der Waals surface area contributed by atoms with Crippen LogP contribution < -0.4 is 5.32 Å². The highest BCUT2D eigenvalue weighted by Gasteiger charge is 2.01. The van der Waals surface area contributed by atoms with E-state index in [9.17, 15) is 0 Å². The Kier molecular flexibility index (Phi) is 3.87. The van der Waals surface area contributed by atoms with E-state index in [0.29, 0.717) is 5.56 Å². The molecule has 2 nitrogen and oxygen atoms in total. The maximum Gasteiger partial charge on any atom is 0.0991 e. The topological polar surface area (TPSA) is 35.8 Å². The summed E-state index contributed by atoms with van der Waals surface area (Å²) in [6, 6.07) is 15.1. The lowest BCUT2D eigenvalue weighted by Crippen LogP contribution is -1.92. The molecule has 0 aliphatic heterocycles. The van der Waals surface area contributed by atoms with E-state index < -0.39 is 0 Å². The molecule has 0 heterocycles. The number of nitriles is 1. The number of benzene rings is 2. The summed E-state index contributed by atoms with van der Waals surface area (Å²) in [4.78, 5) is 0. The van der Waals surface area contributed by atoms with E-state index in [1.807, 2.05) is 30.3 Å². The van der Waals surface area contributed by atoms with Crippen molar-refractivity contribution in [2.45, 2.75) is 0 Å². The summed E-state index contributed by atoms with van der Waals surface area (Å²) in [5, 5.41) is 12.7. The molecule has 0 aromatic heterocycles. The molecule has 17 heavy (non-hydrogen) atoms. The molecule has 0 saturated heterocycles. The van der Waals surface area contributed by atoms with Crippen LogP contribution in [0.3, 0.4) is 0 Å². The van der Waals surface area contributed by atoms with Crippen LogP contribution >= 0.6 is 34.2 Å². The molecule has 2 aromatic rings. The summed E-state index contributed by atoms with van der Waals surface area (Å²) in [7, 11) is 0. The van der Waals surface area contributed by atoms with Crippen LogP contribution in [0.2, 0.25) is 5.02 Å². The van der Waals surface area contributed by atoms with E-state index in [4.69, 9.17) is 16.9 Å². The van der Waals surface area contributed by atoms with Crippen LogP contribution in [0, 0.1) is 14.9 Å². The van der Waals surface area contributed by atoms with Gasteiger partial charge in [0.25, 0.3) is 0 Å². The molecule has 2 rings (SSSR count). The maximum absolute atomic E-state index is 8.71. The highest BCUT2D eigenvalue weighted by Crippen LogP contribution is 2.25. The smallest absolute Gasteiger partial charge is 0.0991 e. The van der Waals surface area contributed by atoms with Gasteiger partial charge in [-0.3, -0.25) is 0 Å². The third-order valence-corrected chi connectivity index (χ3v) is 3.35. The van der Waals surface area contributed by atoms with Crippen molar-refractivity contribution in [1.82, 2.24) is 0 Å². The predicted octanol–water partition coefficient (Wildman–Crippen LogP) is 4.56. The molecule has 0 radical (unpaired) electrons. The average molecular weight is 355 g/mol. The minimum Gasteiger partial charge on any atom is -0.355 e. The summed E-state index contributed by atoms with van der Waals surface area (Å²) < 4.78 is 1.06. The summed E-state index contributed by atoms with van der Waals surface area (Å²) in [6.45, 7) is 0. The number of anilines is 2. The van der Waals surface area contributed by atoms with Crippen molar-refractivity contribution < 1.29 is 0 Å². The molecule has 1 N–H and O–H groups in total. The Morgan fingerprint density at radius 2 is 1.82 bits per heavy atom. The Hall–Kier alpha value is -1.25. The minimum absolute atomic E-state index is 0.654. The van der Waals surface area contributed by atoms with Gasteiger partial charge in [0.2, 0.25) is 0 Å². The van der Waals surface area contributed by atoms with E-state index in [0.717, 1.165) is 20.0 Å². The molecule has 0 bridgehead atoms. The second kappa shape index (κ2) is 5.39. The number of hydrogen-bond acceptors (Lipinski definition) is 2. The third kappa shape index (κ3) is 3.11. The maximum atomic E-state index is 8.71. The van der Waals surface area contributed by atoms with Crippen LogP contribution in [0.25, 0.3) is 0 Å². The van der Waals surface area contributed by atoms with Crippen LogP contribution in [-0.2, 0) is 0 Å². The molecule has 0 aliphatic carbocycles. The zero-order chi connectivity index (χ0) is 12.3. The van der Waals surface area contributed by atoms with E-state index in [1.165, 1.54) is 0 Å². The summed E-state index contributed by atoms with van der Waals surface area (Å²) in [5.41, 5.74) is 2.60. The lowest BCUT2D eigenvalue weighted by atomic mass is 10.2. The van der Waals surface area contributed by atoms with Crippen molar-refractivity contribution in [1.29, 1.82) is 5.26 Å². The molecule has 2 aromatic carbocycles.